The number of esters is 1. The summed E-state index contributed by atoms with van der Waals surface area (Å²) in [4.78, 5) is 10.8. The van der Waals surface area contributed by atoms with E-state index in [0.29, 0.717) is 13.0 Å². The molecule has 0 bridgehead atoms. The van der Waals surface area contributed by atoms with Crippen molar-refractivity contribution in [2.24, 2.45) is 0 Å². The molecule has 0 amide bonds. The molecule has 1 N–H and O–H groups in total. The summed E-state index contributed by atoms with van der Waals surface area (Å²) < 4.78 is 4.66. The van der Waals surface area contributed by atoms with Crippen molar-refractivity contribution >= 4 is 5.97 Å². The average molecular weight is 186 g/mol. The van der Waals surface area contributed by atoms with E-state index >= 15 is 0 Å². The Labute approximate surface area is 79.4 Å². The summed E-state index contributed by atoms with van der Waals surface area (Å²) in [6.45, 7) is 4.18. The Kier molecular flexibility index (Phi) is 7.30. The molecule has 0 heterocycles. The number of ether oxygens (including phenoxy) is 1. The molecule has 0 aromatic heterocycles. The molecule has 0 rings (SSSR count). The van der Waals surface area contributed by atoms with Crippen LogP contribution in [-0.4, -0.2) is 23.8 Å². The van der Waals surface area contributed by atoms with Crippen LogP contribution in [0.3, 0.4) is 0 Å². The average Bonchev–Trinajstić information content (AvgIpc) is 2.12. The van der Waals surface area contributed by atoms with Crippen LogP contribution in [-0.2, 0) is 9.53 Å². The van der Waals surface area contributed by atoms with Gasteiger partial charge in [-0.2, -0.15) is 0 Å². The molecule has 0 unspecified atom stereocenters. The predicted molar refractivity (Wildman–Crippen MR) is 51.3 cm³/mol. The quantitative estimate of drug-likeness (QED) is 0.507. The number of carbonyl (C=O) groups excluding carboxylic acids is 1. The second-order valence-electron chi connectivity index (χ2n) is 2.82. The van der Waals surface area contributed by atoms with Gasteiger partial charge in [0, 0.05) is 6.08 Å². The van der Waals surface area contributed by atoms with Crippen molar-refractivity contribution in [3.05, 3.63) is 12.2 Å². The van der Waals surface area contributed by atoms with Crippen LogP contribution in [0, 0.1) is 0 Å². The van der Waals surface area contributed by atoms with Crippen molar-refractivity contribution in [1.82, 2.24) is 0 Å². The Balaban J connectivity index is 3.62. The van der Waals surface area contributed by atoms with Gasteiger partial charge in [0.15, 0.2) is 0 Å². The first kappa shape index (κ1) is 12.2. The lowest BCUT2D eigenvalue weighted by Crippen LogP contribution is -2.05. The zero-order valence-electron chi connectivity index (χ0n) is 8.32. The topological polar surface area (TPSA) is 46.5 Å². The van der Waals surface area contributed by atoms with Crippen molar-refractivity contribution in [3.8, 4) is 0 Å². The molecule has 0 aliphatic rings. The second-order valence-corrected chi connectivity index (χ2v) is 2.82. The highest BCUT2D eigenvalue weighted by atomic mass is 16.5. The molecular weight excluding hydrogens is 168 g/mol. The molecule has 13 heavy (non-hydrogen) atoms. The van der Waals surface area contributed by atoms with E-state index in [1.807, 2.05) is 0 Å². The standard InChI is InChI=1S/C10H18O3/c1-3-5-6-9(11)7-8-10(12)13-4-2/h7-9,11H,3-6H2,1-2H3/b8-7+/t9-/m1/s1. The summed E-state index contributed by atoms with van der Waals surface area (Å²) in [5, 5.41) is 9.30. The van der Waals surface area contributed by atoms with Crippen molar-refractivity contribution < 1.29 is 14.6 Å². The maximum absolute atomic E-state index is 10.8. The van der Waals surface area contributed by atoms with Crippen molar-refractivity contribution in [2.45, 2.75) is 39.2 Å². The second kappa shape index (κ2) is 7.80. The molecule has 0 spiro atoms. The molecule has 76 valence electrons. The minimum absolute atomic E-state index is 0.369. The van der Waals surface area contributed by atoms with Crippen LogP contribution in [0.2, 0.25) is 0 Å². The van der Waals surface area contributed by atoms with Crippen molar-refractivity contribution in [1.29, 1.82) is 0 Å². The third-order valence-corrected chi connectivity index (χ3v) is 1.59. The van der Waals surface area contributed by atoms with E-state index in [2.05, 4.69) is 11.7 Å². The number of aliphatic hydroxyl groups excluding tert-OH is 1. The van der Waals surface area contributed by atoms with Crippen molar-refractivity contribution in [2.75, 3.05) is 6.61 Å². The predicted octanol–water partition coefficient (Wildman–Crippen LogP) is 1.66. The van der Waals surface area contributed by atoms with Crippen molar-refractivity contribution in [3.63, 3.8) is 0 Å². The van der Waals surface area contributed by atoms with Crippen LogP contribution >= 0.6 is 0 Å². The zero-order valence-corrected chi connectivity index (χ0v) is 8.32. The van der Waals surface area contributed by atoms with E-state index in [4.69, 9.17) is 0 Å². The van der Waals surface area contributed by atoms with Gasteiger partial charge < -0.3 is 9.84 Å². The lowest BCUT2D eigenvalue weighted by atomic mass is 10.1. The molecule has 3 heteroatoms. The fourth-order valence-corrected chi connectivity index (χ4v) is 0.890. The molecular formula is C10H18O3. The number of aliphatic hydroxyl groups is 1. The summed E-state index contributed by atoms with van der Waals surface area (Å²) in [6, 6.07) is 0. The molecule has 0 radical (unpaired) electrons. The normalized spacial score (nSPS) is 13.2. The number of unbranched alkanes of at least 4 members (excludes halogenated alkanes) is 1. The van der Waals surface area contributed by atoms with E-state index in [1.165, 1.54) is 12.2 Å². The van der Waals surface area contributed by atoms with Gasteiger partial charge in [-0.15, -0.1) is 0 Å². The molecule has 0 aliphatic heterocycles. The van der Waals surface area contributed by atoms with Crippen LogP contribution in [0.25, 0.3) is 0 Å². The highest BCUT2D eigenvalue weighted by Crippen LogP contribution is 2.01. The fourth-order valence-electron chi connectivity index (χ4n) is 0.890. The first-order valence-corrected chi connectivity index (χ1v) is 4.73. The summed E-state index contributed by atoms with van der Waals surface area (Å²) in [5.74, 6) is -0.391. The van der Waals surface area contributed by atoms with E-state index in [1.54, 1.807) is 6.92 Å². The van der Waals surface area contributed by atoms with E-state index < -0.39 is 12.1 Å². The fraction of sp³-hybridized carbons (Fsp3) is 0.700. The number of hydrogen-bond donors (Lipinski definition) is 1. The number of carbonyl (C=O) groups is 1. The molecule has 0 aliphatic carbocycles. The first-order valence-electron chi connectivity index (χ1n) is 4.73. The van der Waals surface area contributed by atoms with Gasteiger partial charge in [0.25, 0.3) is 0 Å². The van der Waals surface area contributed by atoms with Gasteiger partial charge in [-0.3, -0.25) is 0 Å². The summed E-state index contributed by atoms with van der Waals surface area (Å²) in [6.07, 6.45) is 4.95. The van der Waals surface area contributed by atoms with Gasteiger partial charge in [0.05, 0.1) is 12.7 Å². The maximum Gasteiger partial charge on any atom is 0.330 e. The van der Waals surface area contributed by atoms with Gasteiger partial charge in [0.1, 0.15) is 0 Å². The molecule has 3 nitrogen and oxygen atoms in total. The van der Waals surface area contributed by atoms with Gasteiger partial charge in [-0.1, -0.05) is 19.8 Å². The maximum atomic E-state index is 10.8. The minimum Gasteiger partial charge on any atom is -0.463 e. The monoisotopic (exact) mass is 186 g/mol. The summed E-state index contributed by atoms with van der Waals surface area (Å²) >= 11 is 0. The molecule has 0 saturated carbocycles. The SMILES string of the molecule is CCCC[C@@H](O)/C=C/C(=O)OCC. The first-order chi connectivity index (χ1) is 6.20. The molecule has 0 saturated heterocycles. The summed E-state index contributed by atoms with van der Waals surface area (Å²) in [7, 11) is 0. The highest BCUT2D eigenvalue weighted by Gasteiger charge is 1.99. The zero-order chi connectivity index (χ0) is 10.1. The Morgan fingerprint density at radius 3 is 2.77 bits per heavy atom. The van der Waals surface area contributed by atoms with Gasteiger partial charge in [0.2, 0.25) is 0 Å². The number of rotatable bonds is 6. The van der Waals surface area contributed by atoms with Crippen LogP contribution in [0.1, 0.15) is 33.1 Å². The Hall–Kier alpha value is -0.830. The third-order valence-electron chi connectivity index (χ3n) is 1.59. The largest absolute Gasteiger partial charge is 0.463 e. The third kappa shape index (κ3) is 7.53. The van der Waals surface area contributed by atoms with Crippen LogP contribution in [0.15, 0.2) is 12.2 Å². The minimum atomic E-state index is -0.524. The van der Waals surface area contributed by atoms with Gasteiger partial charge in [-0.05, 0) is 19.4 Å². The van der Waals surface area contributed by atoms with Crippen LogP contribution < -0.4 is 0 Å². The summed E-state index contributed by atoms with van der Waals surface area (Å²) in [5.41, 5.74) is 0. The van der Waals surface area contributed by atoms with Gasteiger partial charge >= 0.3 is 5.97 Å². The molecule has 1 atom stereocenters. The lowest BCUT2D eigenvalue weighted by molar-refractivity contribution is -0.137. The molecule has 0 aromatic rings. The Morgan fingerprint density at radius 1 is 1.54 bits per heavy atom. The smallest absolute Gasteiger partial charge is 0.330 e. The highest BCUT2D eigenvalue weighted by molar-refractivity contribution is 5.81. The number of hydrogen-bond acceptors (Lipinski definition) is 3. The van der Waals surface area contributed by atoms with Crippen LogP contribution in [0.5, 0.6) is 0 Å². The molecule has 0 aromatic carbocycles. The Bertz CT molecular complexity index is 164. The van der Waals surface area contributed by atoms with E-state index in [9.17, 15) is 9.90 Å². The van der Waals surface area contributed by atoms with E-state index in [0.717, 1.165) is 12.8 Å². The molecule has 0 fully saturated rings. The van der Waals surface area contributed by atoms with Gasteiger partial charge in [-0.25, -0.2) is 4.79 Å². The lowest BCUT2D eigenvalue weighted by Gasteiger charge is -2.02. The van der Waals surface area contributed by atoms with E-state index in [-0.39, 0.29) is 0 Å². The van der Waals surface area contributed by atoms with Crippen LogP contribution in [0.4, 0.5) is 0 Å². The Morgan fingerprint density at radius 2 is 2.23 bits per heavy atom.